The van der Waals surface area contributed by atoms with E-state index in [0.717, 1.165) is 97.5 Å². The fourth-order valence-electron chi connectivity index (χ4n) is 9.25. The summed E-state index contributed by atoms with van der Waals surface area (Å²) in [7, 11) is 1.11. The minimum absolute atomic E-state index is 0.186. The number of halogens is 2. The molecule has 0 amide bonds. The molecule has 12 heteroatoms. The predicted octanol–water partition coefficient (Wildman–Crippen LogP) is 17.3. The van der Waals surface area contributed by atoms with Crippen molar-refractivity contribution in [3.8, 4) is 45.3 Å². The first-order valence-corrected chi connectivity index (χ1v) is 28.0. The first-order chi connectivity index (χ1) is 38.9. The molecular weight excluding hydrogens is 1010 g/mol. The number of hydrogen-bond donors (Lipinski definition) is 0. The summed E-state index contributed by atoms with van der Waals surface area (Å²) in [5.74, 6) is -8.16. The molecule has 0 aliphatic heterocycles. The Balaban J connectivity index is 0.893. The lowest BCUT2D eigenvalue weighted by Gasteiger charge is -2.11. The van der Waals surface area contributed by atoms with Crippen LogP contribution in [0.3, 0.4) is 0 Å². The Kier molecular flexibility index (Phi) is 22.9. The molecular formula is C68H70F2O10. The summed E-state index contributed by atoms with van der Waals surface area (Å²) in [4.78, 5) is 65.3. The molecule has 7 aromatic carbocycles. The van der Waals surface area contributed by atoms with Gasteiger partial charge in [-0.05, 0) is 132 Å². The second-order valence-corrected chi connectivity index (χ2v) is 20.0. The van der Waals surface area contributed by atoms with Crippen molar-refractivity contribution < 1.29 is 56.4 Å². The Morgan fingerprint density at radius 3 is 0.975 bits per heavy atom. The Morgan fingerprint density at radius 1 is 0.325 bits per heavy atom. The number of methoxy groups -OCH3 is 1. The molecule has 0 aliphatic carbocycles. The quantitative estimate of drug-likeness (QED) is 0.0254. The molecule has 0 aliphatic rings. The molecule has 0 saturated heterocycles. The van der Waals surface area contributed by atoms with Gasteiger partial charge in [0.05, 0.1) is 34.9 Å². The molecule has 0 atom stereocenters. The molecule has 0 saturated carbocycles. The lowest BCUT2D eigenvalue weighted by atomic mass is 10.00. The average molecular weight is 1090 g/mol. The monoisotopic (exact) mass is 1080 g/mol. The minimum atomic E-state index is -1.07. The molecule has 10 nitrogen and oxygen atoms in total. The van der Waals surface area contributed by atoms with Gasteiger partial charge in [-0.2, -0.15) is 0 Å². The van der Waals surface area contributed by atoms with Gasteiger partial charge in [0, 0.05) is 6.07 Å². The maximum Gasteiger partial charge on any atom is 0.343 e. The van der Waals surface area contributed by atoms with Crippen LogP contribution in [-0.2, 0) is 17.6 Å². The average Bonchev–Trinajstić information content (AvgIpc) is 3.48. The molecule has 7 aromatic rings. The number of esters is 5. The highest BCUT2D eigenvalue weighted by Gasteiger charge is 2.21. The Hall–Kier alpha value is -8.25. The van der Waals surface area contributed by atoms with Crippen molar-refractivity contribution in [1.29, 1.82) is 0 Å². The second-order valence-electron chi connectivity index (χ2n) is 20.0. The van der Waals surface area contributed by atoms with Gasteiger partial charge >= 0.3 is 29.8 Å². The van der Waals surface area contributed by atoms with Crippen LogP contribution in [0, 0.1) is 11.6 Å². The molecule has 0 radical (unpaired) electrons. The van der Waals surface area contributed by atoms with Crippen LogP contribution in [0.25, 0.3) is 22.3 Å². The highest BCUT2D eigenvalue weighted by atomic mass is 19.1. The fraction of sp³-hybridized carbons (Fsp3) is 0.309. The fourth-order valence-corrected chi connectivity index (χ4v) is 9.25. The van der Waals surface area contributed by atoms with Gasteiger partial charge in [0.2, 0.25) is 0 Å². The highest BCUT2D eigenvalue weighted by Crippen LogP contribution is 2.30. The Morgan fingerprint density at radius 2 is 0.637 bits per heavy atom. The van der Waals surface area contributed by atoms with E-state index in [2.05, 4.69) is 62.4 Å². The SMILES string of the molecule is CCCCCCCCCCc1ccc(-c2ccc(C(=O)Oc3ccc(C(=O)Oc4cc(OC(=O)c5ccc(OC(=O)c6ccc(-c7ccc(CCCCCCCCCC)cc7)cc6)c(F)c5)cc(C(=O)OC)c4)cc3F)cc2)cc1. The molecule has 0 N–H and O–H groups in total. The maximum atomic E-state index is 15.4. The third-order valence-corrected chi connectivity index (χ3v) is 13.9. The van der Waals surface area contributed by atoms with Crippen LogP contribution >= 0.6 is 0 Å². The van der Waals surface area contributed by atoms with Gasteiger partial charge in [0.25, 0.3) is 0 Å². The van der Waals surface area contributed by atoms with Crippen LogP contribution in [0.4, 0.5) is 8.78 Å². The normalized spacial score (nSPS) is 11.0. The van der Waals surface area contributed by atoms with Crippen LogP contribution in [-0.4, -0.2) is 37.0 Å². The van der Waals surface area contributed by atoms with Crippen molar-refractivity contribution in [1.82, 2.24) is 0 Å². The number of benzene rings is 7. The molecule has 0 spiro atoms. The molecule has 0 bridgehead atoms. The van der Waals surface area contributed by atoms with Crippen LogP contribution in [0.2, 0.25) is 0 Å². The van der Waals surface area contributed by atoms with Crippen molar-refractivity contribution in [2.45, 2.75) is 129 Å². The Labute approximate surface area is 468 Å². The van der Waals surface area contributed by atoms with Crippen molar-refractivity contribution in [3.63, 3.8) is 0 Å². The van der Waals surface area contributed by atoms with Crippen LogP contribution in [0.5, 0.6) is 23.0 Å². The van der Waals surface area contributed by atoms with E-state index in [9.17, 15) is 24.0 Å². The van der Waals surface area contributed by atoms with E-state index in [1.54, 1.807) is 48.5 Å². The summed E-state index contributed by atoms with van der Waals surface area (Å²) in [6.07, 6.45) is 22.4. The third kappa shape index (κ3) is 17.9. The molecule has 0 heterocycles. The lowest BCUT2D eigenvalue weighted by Crippen LogP contribution is -2.13. The third-order valence-electron chi connectivity index (χ3n) is 13.9. The van der Waals surface area contributed by atoms with Crippen LogP contribution < -0.4 is 18.9 Å². The maximum absolute atomic E-state index is 15.4. The lowest BCUT2D eigenvalue weighted by molar-refractivity contribution is 0.0593. The van der Waals surface area contributed by atoms with Crippen molar-refractivity contribution >= 4 is 29.8 Å². The van der Waals surface area contributed by atoms with Crippen molar-refractivity contribution in [2.24, 2.45) is 0 Å². The standard InChI is InChI=1S/C68H70F2O10/c1-4-6-8-10-12-14-16-18-20-47-22-26-49(27-23-47)51-30-34-53(35-31-51)65(72)79-62-40-38-55(44-60(62)69)67(74)77-58-42-57(64(71)76-3)43-59(46-58)78-68(75)56-39-41-63(61(70)45-56)80-66(73)54-36-32-52(33-37-54)50-28-24-48(25-29-50)21-19-17-15-13-11-9-7-5-2/h22-46H,4-21H2,1-3H3. The number of ether oxygens (including phenoxy) is 5. The van der Waals surface area contributed by atoms with E-state index in [-0.39, 0.29) is 39.3 Å². The van der Waals surface area contributed by atoms with E-state index in [1.807, 2.05) is 0 Å². The summed E-state index contributed by atoms with van der Waals surface area (Å²) in [5, 5.41) is 0. The summed E-state index contributed by atoms with van der Waals surface area (Å²) >= 11 is 0. The highest BCUT2D eigenvalue weighted by molar-refractivity contribution is 5.96. The summed E-state index contributed by atoms with van der Waals surface area (Å²) in [6, 6.07) is 39.9. The van der Waals surface area contributed by atoms with Crippen molar-refractivity contribution in [3.05, 3.63) is 202 Å². The van der Waals surface area contributed by atoms with Gasteiger partial charge in [-0.3, -0.25) is 0 Å². The zero-order chi connectivity index (χ0) is 56.6. The summed E-state index contributed by atoms with van der Waals surface area (Å²) in [6.45, 7) is 4.46. The number of rotatable bonds is 29. The Bertz CT molecular complexity index is 2960. The molecule has 7 rings (SSSR count). The van der Waals surface area contributed by atoms with Gasteiger partial charge in [-0.25, -0.2) is 32.8 Å². The van der Waals surface area contributed by atoms with Crippen LogP contribution in [0.1, 0.15) is 179 Å². The number of carbonyl (C=O) groups is 5. The van der Waals surface area contributed by atoms with Gasteiger partial charge in [-0.15, -0.1) is 0 Å². The number of unbranched alkanes of at least 4 members (excludes halogenated alkanes) is 14. The molecule has 0 aromatic heterocycles. The van der Waals surface area contributed by atoms with E-state index < -0.39 is 53.0 Å². The van der Waals surface area contributed by atoms with E-state index in [0.29, 0.717) is 0 Å². The number of carbonyl (C=O) groups excluding carboxylic acids is 5. The number of aryl methyl sites for hydroxylation is 2. The van der Waals surface area contributed by atoms with Gasteiger partial charge in [0.15, 0.2) is 23.1 Å². The smallest absolute Gasteiger partial charge is 0.343 e. The molecule has 416 valence electrons. The van der Waals surface area contributed by atoms with E-state index in [4.69, 9.17) is 23.7 Å². The second kappa shape index (κ2) is 30.8. The van der Waals surface area contributed by atoms with E-state index >= 15 is 8.78 Å². The first kappa shape index (κ1) is 59.4. The first-order valence-electron chi connectivity index (χ1n) is 28.0. The molecule has 0 fully saturated rings. The van der Waals surface area contributed by atoms with Crippen molar-refractivity contribution in [2.75, 3.05) is 7.11 Å². The van der Waals surface area contributed by atoms with Crippen LogP contribution in [0.15, 0.2) is 152 Å². The number of hydrogen-bond acceptors (Lipinski definition) is 10. The molecule has 0 unspecified atom stereocenters. The predicted molar refractivity (Wildman–Crippen MR) is 307 cm³/mol. The van der Waals surface area contributed by atoms with Gasteiger partial charge < -0.3 is 23.7 Å². The summed E-state index contributed by atoms with van der Waals surface area (Å²) < 4.78 is 57.2. The zero-order valence-electron chi connectivity index (χ0n) is 46.0. The molecule has 80 heavy (non-hydrogen) atoms. The topological polar surface area (TPSA) is 132 Å². The van der Waals surface area contributed by atoms with Gasteiger partial charge in [0.1, 0.15) is 11.5 Å². The minimum Gasteiger partial charge on any atom is -0.465 e. The largest absolute Gasteiger partial charge is 0.465 e. The zero-order valence-corrected chi connectivity index (χ0v) is 46.0. The summed E-state index contributed by atoms with van der Waals surface area (Å²) in [5.41, 5.74) is 5.97. The van der Waals surface area contributed by atoms with E-state index in [1.165, 1.54) is 113 Å². The van der Waals surface area contributed by atoms with Gasteiger partial charge in [-0.1, -0.05) is 177 Å².